The topological polar surface area (TPSA) is 67.9 Å². The number of ether oxygens (including phenoxy) is 2. The molecule has 0 bridgehead atoms. The molecule has 1 amide bonds. The summed E-state index contributed by atoms with van der Waals surface area (Å²) in [5.74, 6) is -0.656. The standard InChI is InChI=1S/C13H21FN2O4/c14-3-5-16-6-4-15-11(13(16)18)8-12(17)20-9-10-2-1-7-19-10/h10-11,15H,1-9H2. The monoisotopic (exact) mass is 288 g/mol. The van der Waals surface area contributed by atoms with Crippen molar-refractivity contribution in [2.45, 2.75) is 31.4 Å². The second-order valence-corrected chi connectivity index (χ2v) is 5.04. The lowest BCUT2D eigenvalue weighted by atomic mass is 10.1. The Bertz CT molecular complexity index is 345. The number of amides is 1. The van der Waals surface area contributed by atoms with Gasteiger partial charge in [0, 0.05) is 26.2 Å². The van der Waals surface area contributed by atoms with Gasteiger partial charge in [-0.05, 0) is 12.8 Å². The molecule has 0 radical (unpaired) electrons. The molecule has 7 heteroatoms. The summed E-state index contributed by atoms with van der Waals surface area (Å²) in [6.07, 6.45) is 1.85. The summed E-state index contributed by atoms with van der Waals surface area (Å²) in [6, 6.07) is -0.604. The quantitative estimate of drug-likeness (QED) is 0.690. The first-order valence-corrected chi connectivity index (χ1v) is 7.06. The van der Waals surface area contributed by atoms with Crippen molar-refractivity contribution in [3.63, 3.8) is 0 Å². The van der Waals surface area contributed by atoms with Crippen LogP contribution < -0.4 is 5.32 Å². The van der Waals surface area contributed by atoms with Gasteiger partial charge in [0.1, 0.15) is 13.3 Å². The van der Waals surface area contributed by atoms with Crippen LogP contribution in [0.4, 0.5) is 4.39 Å². The van der Waals surface area contributed by atoms with Gasteiger partial charge in [-0.1, -0.05) is 0 Å². The molecule has 0 spiro atoms. The van der Waals surface area contributed by atoms with Crippen LogP contribution in [0.3, 0.4) is 0 Å². The summed E-state index contributed by atoms with van der Waals surface area (Å²) in [7, 11) is 0. The van der Waals surface area contributed by atoms with Crippen molar-refractivity contribution in [2.24, 2.45) is 0 Å². The fourth-order valence-electron chi connectivity index (χ4n) is 2.46. The Morgan fingerprint density at radius 1 is 1.55 bits per heavy atom. The fraction of sp³-hybridized carbons (Fsp3) is 0.846. The maximum absolute atomic E-state index is 12.3. The average molecular weight is 288 g/mol. The van der Waals surface area contributed by atoms with E-state index in [9.17, 15) is 14.0 Å². The molecule has 2 heterocycles. The fourth-order valence-corrected chi connectivity index (χ4v) is 2.46. The Hall–Kier alpha value is -1.21. The molecule has 0 aliphatic carbocycles. The molecule has 0 saturated carbocycles. The first kappa shape index (κ1) is 15.2. The maximum atomic E-state index is 12.3. The number of esters is 1. The van der Waals surface area contributed by atoms with Gasteiger partial charge in [-0.25, -0.2) is 4.39 Å². The number of hydrogen-bond donors (Lipinski definition) is 1. The normalized spacial score (nSPS) is 26.9. The second kappa shape index (κ2) is 7.54. The van der Waals surface area contributed by atoms with Crippen LogP contribution in [0.1, 0.15) is 19.3 Å². The van der Waals surface area contributed by atoms with Crippen LogP contribution >= 0.6 is 0 Å². The third-order valence-corrected chi connectivity index (χ3v) is 3.56. The van der Waals surface area contributed by atoms with Crippen molar-refractivity contribution >= 4 is 11.9 Å². The summed E-state index contributed by atoms with van der Waals surface area (Å²) in [5, 5.41) is 2.97. The highest BCUT2D eigenvalue weighted by Crippen LogP contribution is 2.13. The number of halogens is 1. The number of nitrogens with one attached hydrogen (secondary N) is 1. The number of nitrogens with zero attached hydrogens (tertiary/aromatic N) is 1. The third kappa shape index (κ3) is 4.14. The van der Waals surface area contributed by atoms with Crippen molar-refractivity contribution in [3.8, 4) is 0 Å². The van der Waals surface area contributed by atoms with Crippen LogP contribution in [0.25, 0.3) is 0 Å². The Balaban J connectivity index is 1.73. The number of carbonyl (C=O) groups excluding carboxylic acids is 2. The van der Waals surface area contributed by atoms with Gasteiger partial charge < -0.3 is 19.7 Å². The molecular weight excluding hydrogens is 267 g/mol. The van der Waals surface area contributed by atoms with Crippen LogP contribution in [0.2, 0.25) is 0 Å². The Morgan fingerprint density at radius 2 is 2.40 bits per heavy atom. The van der Waals surface area contributed by atoms with Gasteiger partial charge in [0.05, 0.1) is 18.6 Å². The molecule has 0 aromatic rings. The molecule has 2 aliphatic heterocycles. The van der Waals surface area contributed by atoms with E-state index in [0.29, 0.717) is 19.7 Å². The molecule has 2 aliphatic rings. The van der Waals surface area contributed by atoms with Crippen LogP contribution in [0.5, 0.6) is 0 Å². The Kier molecular flexibility index (Phi) is 5.72. The van der Waals surface area contributed by atoms with E-state index in [1.54, 1.807) is 0 Å². The second-order valence-electron chi connectivity index (χ2n) is 5.04. The van der Waals surface area contributed by atoms with Gasteiger partial charge in [-0.3, -0.25) is 9.59 Å². The minimum atomic E-state index is -0.604. The third-order valence-electron chi connectivity index (χ3n) is 3.56. The van der Waals surface area contributed by atoms with E-state index in [2.05, 4.69) is 5.32 Å². The Morgan fingerprint density at radius 3 is 3.10 bits per heavy atom. The molecule has 2 unspecified atom stereocenters. The molecule has 0 aromatic carbocycles. The minimum absolute atomic E-state index is 0.0167. The molecule has 2 atom stereocenters. The maximum Gasteiger partial charge on any atom is 0.308 e. The molecule has 2 saturated heterocycles. The molecular formula is C13H21FN2O4. The summed E-state index contributed by atoms with van der Waals surface area (Å²) < 4.78 is 22.8. The predicted octanol–water partition coefficient (Wildman–Crippen LogP) is -0.131. The summed E-state index contributed by atoms with van der Waals surface area (Å²) in [4.78, 5) is 25.1. The number of alkyl halides is 1. The van der Waals surface area contributed by atoms with E-state index in [1.165, 1.54) is 4.90 Å². The Labute approximate surface area is 117 Å². The summed E-state index contributed by atoms with van der Waals surface area (Å²) in [6.45, 7) is 1.51. The first-order chi connectivity index (χ1) is 9.70. The highest BCUT2D eigenvalue weighted by Gasteiger charge is 2.30. The summed E-state index contributed by atoms with van der Waals surface area (Å²) >= 11 is 0. The van der Waals surface area contributed by atoms with Gasteiger partial charge >= 0.3 is 5.97 Å². The van der Waals surface area contributed by atoms with Crippen molar-refractivity contribution in [2.75, 3.05) is 39.5 Å². The van der Waals surface area contributed by atoms with Gasteiger partial charge in [-0.15, -0.1) is 0 Å². The van der Waals surface area contributed by atoms with E-state index in [1.807, 2.05) is 0 Å². The first-order valence-electron chi connectivity index (χ1n) is 7.06. The average Bonchev–Trinajstić information content (AvgIpc) is 2.94. The lowest BCUT2D eigenvalue weighted by molar-refractivity contribution is -0.151. The zero-order valence-electron chi connectivity index (χ0n) is 11.5. The minimum Gasteiger partial charge on any atom is -0.463 e. The van der Waals surface area contributed by atoms with E-state index in [-0.39, 0.29) is 31.6 Å². The van der Waals surface area contributed by atoms with E-state index >= 15 is 0 Å². The molecule has 6 nitrogen and oxygen atoms in total. The van der Waals surface area contributed by atoms with Crippen LogP contribution in [-0.2, 0) is 19.1 Å². The predicted molar refractivity (Wildman–Crippen MR) is 68.9 cm³/mol. The summed E-state index contributed by atoms with van der Waals surface area (Å²) in [5.41, 5.74) is 0. The highest BCUT2D eigenvalue weighted by atomic mass is 19.1. The largest absolute Gasteiger partial charge is 0.463 e. The van der Waals surface area contributed by atoms with E-state index in [0.717, 1.165) is 12.8 Å². The SMILES string of the molecule is O=C(CC1NCCN(CCF)C1=O)OCC1CCCO1. The van der Waals surface area contributed by atoms with Crippen LogP contribution in [0, 0.1) is 0 Å². The molecule has 2 rings (SSSR count). The van der Waals surface area contributed by atoms with Crippen molar-refractivity contribution in [1.29, 1.82) is 0 Å². The lowest BCUT2D eigenvalue weighted by Crippen LogP contribution is -2.56. The molecule has 2 fully saturated rings. The van der Waals surface area contributed by atoms with Gasteiger partial charge in [0.15, 0.2) is 0 Å². The number of piperazine rings is 1. The smallest absolute Gasteiger partial charge is 0.308 e. The zero-order chi connectivity index (χ0) is 14.4. The zero-order valence-corrected chi connectivity index (χ0v) is 11.5. The van der Waals surface area contributed by atoms with Gasteiger partial charge in [-0.2, -0.15) is 0 Å². The number of carbonyl (C=O) groups is 2. The van der Waals surface area contributed by atoms with E-state index in [4.69, 9.17) is 9.47 Å². The van der Waals surface area contributed by atoms with Crippen molar-refractivity contribution in [3.05, 3.63) is 0 Å². The molecule has 114 valence electrons. The van der Waals surface area contributed by atoms with E-state index < -0.39 is 18.7 Å². The lowest BCUT2D eigenvalue weighted by Gasteiger charge is -2.32. The van der Waals surface area contributed by atoms with Crippen LogP contribution in [-0.4, -0.2) is 68.4 Å². The highest BCUT2D eigenvalue weighted by molar-refractivity contribution is 5.87. The van der Waals surface area contributed by atoms with Crippen molar-refractivity contribution < 1.29 is 23.5 Å². The molecule has 1 N–H and O–H groups in total. The molecule has 0 aromatic heterocycles. The van der Waals surface area contributed by atoms with Crippen molar-refractivity contribution in [1.82, 2.24) is 10.2 Å². The van der Waals surface area contributed by atoms with Gasteiger partial charge in [0.2, 0.25) is 5.91 Å². The van der Waals surface area contributed by atoms with Crippen LogP contribution in [0.15, 0.2) is 0 Å². The van der Waals surface area contributed by atoms with Gasteiger partial charge in [0.25, 0.3) is 0 Å². The number of rotatable bonds is 6. The number of hydrogen-bond acceptors (Lipinski definition) is 5. The molecule has 20 heavy (non-hydrogen) atoms.